The Morgan fingerprint density at radius 2 is 2.22 bits per heavy atom. The third-order valence-corrected chi connectivity index (χ3v) is 3.35. The van der Waals surface area contributed by atoms with Gasteiger partial charge in [-0.2, -0.15) is 0 Å². The summed E-state index contributed by atoms with van der Waals surface area (Å²) in [5.74, 6) is -0.0590. The maximum absolute atomic E-state index is 11.8. The molecule has 2 rings (SSSR count). The molecule has 5 nitrogen and oxygen atoms in total. The number of aromatic amines is 1. The number of nitrogens with two attached hydrogens (primary N) is 1. The van der Waals surface area contributed by atoms with E-state index in [4.69, 9.17) is 5.73 Å². The fourth-order valence-corrected chi connectivity index (χ4v) is 2.21. The Balaban J connectivity index is 2.23. The van der Waals surface area contributed by atoms with Crippen LogP contribution in [0, 0.1) is 0 Å². The molecule has 1 aromatic carbocycles. The summed E-state index contributed by atoms with van der Waals surface area (Å²) in [4.78, 5) is 21.3. The number of hydrogen-bond donors (Lipinski definition) is 2. The van der Waals surface area contributed by atoms with Gasteiger partial charge in [0.1, 0.15) is 0 Å². The summed E-state index contributed by atoms with van der Waals surface area (Å²) in [6.45, 7) is 0. The molecule has 0 spiro atoms. The van der Waals surface area contributed by atoms with Crippen LogP contribution in [-0.2, 0) is 0 Å². The highest BCUT2D eigenvalue weighted by Crippen LogP contribution is 2.30. The predicted molar refractivity (Wildman–Crippen MR) is 71.6 cm³/mol. The Hall–Kier alpha value is -1.95. The van der Waals surface area contributed by atoms with E-state index in [1.54, 1.807) is 38.6 Å². The first kappa shape index (κ1) is 12.5. The van der Waals surface area contributed by atoms with Gasteiger partial charge < -0.3 is 15.6 Å². The lowest BCUT2D eigenvalue weighted by atomic mass is 10.2. The normalized spacial score (nSPS) is 10.3. The zero-order valence-electron chi connectivity index (χ0n) is 10.2. The summed E-state index contributed by atoms with van der Waals surface area (Å²) >= 11 is 1.43. The monoisotopic (exact) mass is 262 g/mol. The van der Waals surface area contributed by atoms with Crippen LogP contribution in [0.4, 0.5) is 5.69 Å². The lowest BCUT2D eigenvalue weighted by Crippen LogP contribution is -2.21. The van der Waals surface area contributed by atoms with Crippen molar-refractivity contribution in [3.05, 3.63) is 36.2 Å². The molecule has 0 aliphatic rings. The molecule has 0 bridgehead atoms. The first-order valence-electron chi connectivity index (χ1n) is 5.36. The second kappa shape index (κ2) is 5.14. The number of imidazole rings is 1. The van der Waals surface area contributed by atoms with Gasteiger partial charge in [0.15, 0.2) is 5.16 Å². The summed E-state index contributed by atoms with van der Waals surface area (Å²) < 4.78 is 0. The van der Waals surface area contributed by atoms with Gasteiger partial charge in [-0.05, 0) is 30.0 Å². The van der Waals surface area contributed by atoms with Crippen molar-refractivity contribution in [1.29, 1.82) is 0 Å². The summed E-state index contributed by atoms with van der Waals surface area (Å²) in [5.41, 5.74) is 7.10. The standard InChI is InChI=1S/C12H14N4OS/c1-16(2)11(17)8-3-4-10(9(13)7-8)18-12-14-5-6-15-12/h3-7H,13H2,1-2H3,(H,14,15). The molecule has 2 aromatic rings. The summed E-state index contributed by atoms with van der Waals surface area (Å²) in [7, 11) is 3.42. The molecule has 0 saturated heterocycles. The van der Waals surface area contributed by atoms with Crippen LogP contribution < -0.4 is 5.73 Å². The predicted octanol–water partition coefficient (Wildman–Crippen LogP) is 1.84. The molecule has 0 atom stereocenters. The smallest absolute Gasteiger partial charge is 0.253 e. The maximum Gasteiger partial charge on any atom is 0.253 e. The summed E-state index contributed by atoms with van der Waals surface area (Å²) in [6, 6.07) is 5.29. The Kier molecular flexibility index (Phi) is 3.57. The molecule has 6 heteroatoms. The molecule has 0 unspecified atom stereocenters. The highest BCUT2D eigenvalue weighted by Gasteiger charge is 2.11. The van der Waals surface area contributed by atoms with Crippen LogP contribution >= 0.6 is 11.8 Å². The van der Waals surface area contributed by atoms with E-state index in [-0.39, 0.29) is 5.91 Å². The Labute approximate surface area is 109 Å². The quantitative estimate of drug-likeness (QED) is 0.828. The molecule has 0 aliphatic heterocycles. The van der Waals surface area contributed by atoms with E-state index in [2.05, 4.69) is 9.97 Å². The van der Waals surface area contributed by atoms with Crippen molar-refractivity contribution < 1.29 is 4.79 Å². The highest BCUT2D eigenvalue weighted by molar-refractivity contribution is 7.99. The van der Waals surface area contributed by atoms with Crippen molar-refractivity contribution in [3.8, 4) is 0 Å². The lowest BCUT2D eigenvalue weighted by molar-refractivity contribution is 0.0827. The summed E-state index contributed by atoms with van der Waals surface area (Å²) in [6.07, 6.45) is 3.44. The number of aromatic nitrogens is 2. The minimum atomic E-state index is -0.0590. The van der Waals surface area contributed by atoms with E-state index in [1.165, 1.54) is 16.7 Å². The summed E-state index contributed by atoms with van der Waals surface area (Å²) in [5, 5.41) is 0.772. The third-order valence-electron chi connectivity index (χ3n) is 2.34. The van der Waals surface area contributed by atoms with E-state index >= 15 is 0 Å². The van der Waals surface area contributed by atoms with Gasteiger partial charge in [-0.15, -0.1) is 0 Å². The zero-order valence-corrected chi connectivity index (χ0v) is 11.0. The number of carbonyl (C=O) groups excluding carboxylic acids is 1. The Morgan fingerprint density at radius 1 is 1.44 bits per heavy atom. The van der Waals surface area contributed by atoms with Crippen molar-refractivity contribution in [1.82, 2.24) is 14.9 Å². The van der Waals surface area contributed by atoms with Crippen molar-refractivity contribution >= 4 is 23.4 Å². The number of amides is 1. The zero-order chi connectivity index (χ0) is 13.1. The van der Waals surface area contributed by atoms with Crippen LogP contribution in [-0.4, -0.2) is 34.9 Å². The van der Waals surface area contributed by atoms with Gasteiger partial charge in [0.25, 0.3) is 5.91 Å². The number of carbonyl (C=O) groups is 1. The number of anilines is 1. The van der Waals surface area contributed by atoms with Gasteiger partial charge in [0.05, 0.1) is 0 Å². The Bertz CT molecular complexity index is 551. The molecule has 0 fully saturated rings. The fraction of sp³-hybridized carbons (Fsp3) is 0.167. The van der Waals surface area contributed by atoms with E-state index < -0.39 is 0 Å². The number of nitrogen functional groups attached to an aromatic ring is 1. The van der Waals surface area contributed by atoms with E-state index in [0.717, 1.165) is 10.1 Å². The molecule has 3 N–H and O–H groups in total. The second-order valence-electron chi connectivity index (χ2n) is 3.95. The number of benzene rings is 1. The van der Waals surface area contributed by atoms with Crippen LogP contribution in [0.1, 0.15) is 10.4 Å². The van der Waals surface area contributed by atoms with Crippen molar-refractivity contribution in [3.63, 3.8) is 0 Å². The van der Waals surface area contributed by atoms with E-state index in [1.807, 2.05) is 6.07 Å². The average Bonchev–Trinajstić information content (AvgIpc) is 2.83. The third kappa shape index (κ3) is 2.65. The number of hydrogen-bond acceptors (Lipinski definition) is 4. The van der Waals surface area contributed by atoms with Crippen LogP contribution in [0.3, 0.4) is 0 Å². The van der Waals surface area contributed by atoms with Gasteiger partial charge >= 0.3 is 0 Å². The number of H-pyrrole nitrogens is 1. The van der Waals surface area contributed by atoms with Crippen molar-refractivity contribution in [2.75, 3.05) is 19.8 Å². The highest BCUT2D eigenvalue weighted by atomic mass is 32.2. The molecule has 18 heavy (non-hydrogen) atoms. The molecule has 0 aliphatic carbocycles. The SMILES string of the molecule is CN(C)C(=O)c1ccc(Sc2ncc[nH]2)c(N)c1. The largest absolute Gasteiger partial charge is 0.398 e. The number of nitrogens with zero attached hydrogens (tertiary/aromatic N) is 2. The van der Waals surface area contributed by atoms with E-state index in [9.17, 15) is 4.79 Å². The molecular formula is C12H14N4OS. The maximum atomic E-state index is 11.8. The molecular weight excluding hydrogens is 248 g/mol. The first-order valence-corrected chi connectivity index (χ1v) is 6.18. The number of rotatable bonds is 3. The van der Waals surface area contributed by atoms with Gasteiger partial charge in [-0.3, -0.25) is 4.79 Å². The molecule has 1 amide bonds. The van der Waals surface area contributed by atoms with Crippen LogP contribution in [0.25, 0.3) is 0 Å². The molecule has 0 radical (unpaired) electrons. The second-order valence-corrected chi connectivity index (χ2v) is 4.98. The van der Waals surface area contributed by atoms with Gasteiger partial charge in [0, 0.05) is 42.6 Å². The van der Waals surface area contributed by atoms with Crippen molar-refractivity contribution in [2.45, 2.75) is 10.1 Å². The molecule has 1 heterocycles. The topological polar surface area (TPSA) is 75.0 Å². The van der Waals surface area contributed by atoms with Crippen LogP contribution in [0.2, 0.25) is 0 Å². The number of nitrogens with one attached hydrogen (secondary N) is 1. The fourth-order valence-electron chi connectivity index (χ4n) is 1.44. The average molecular weight is 262 g/mol. The van der Waals surface area contributed by atoms with E-state index in [0.29, 0.717) is 11.3 Å². The van der Waals surface area contributed by atoms with Crippen molar-refractivity contribution in [2.24, 2.45) is 0 Å². The molecule has 0 saturated carbocycles. The lowest BCUT2D eigenvalue weighted by Gasteiger charge is -2.11. The van der Waals surface area contributed by atoms with Crippen LogP contribution in [0.15, 0.2) is 40.6 Å². The van der Waals surface area contributed by atoms with Gasteiger partial charge in [0.2, 0.25) is 0 Å². The van der Waals surface area contributed by atoms with Crippen LogP contribution in [0.5, 0.6) is 0 Å². The minimum Gasteiger partial charge on any atom is -0.398 e. The molecule has 1 aromatic heterocycles. The minimum absolute atomic E-state index is 0.0590. The molecule has 94 valence electrons. The van der Waals surface area contributed by atoms with Gasteiger partial charge in [-0.25, -0.2) is 4.98 Å². The Morgan fingerprint density at radius 3 is 2.78 bits per heavy atom. The van der Waals surface area contributed by atoms with Gasteiger partial charge in [-0.1, -0.05) is 0 Å². The first-order chi connectivity index (χ1) is 8.58.